The first-order chi connectivity index (χ1) is 11.7. The number of carbonyl (C=O) groups excluding carboxylic acids is 2. The lowest BCUT2D eigenvalue weighted by molar-refractivity contribution is -0.129. The topological polar surface area (TPSA) is 78.1 Å². The quantitative estimate of drug-likeness (QED) is 0.871. The van der Waals surface area contributed by atoms with E-state index in [2.05, 4.69) is 36.3 Å². The zero-order valence-electron chi connectivity index (χ0n) is 14.9. The number of likely N-dealkylation sites (N-methyl/N-ethyl adjacent to an activating group) is 1. The van der Waals surface area contributed by atoms with Crippen molar-refractivity contribution in [3.05, 3.63) is 53.1 Å². The summed E-state index contributed by atoms with van der Waals surface area (Å²) in [7, 11) is 1.65. The SMILES string of the molecule is CN(Cc1cc(C(C)(C)C)n[nH]1)C(=O)CNC(=O)c1cccc(F)c1. The fourth-order valence-electron chi connectivity index (χ4n) is 2.19. The maximum absolute atomic E-state index is 13.1. The number of hydrogen-bond donors (Lipinski definition) is 2. The molecule has 0 fully saturated rings. The Kier molecular flexibility index (Phi) is 5.56. The molecule has 0 atom stereocenters. The fraction of sp³-hybridized carbons (Fsp3) is 0.389. The minimum atomic E-state index is -0.495. The van der Waals surface area contributed by atoms with Gasteiger partial charge in [0.1, 0.15) is 5.82 Å². The van der Waals surface area contributed by atoms with Gasteiger partial charge in [-0.15, -0.1) is 0 Å². The second kappa shape index (κ2) is 7.46. The first-order valence-corrected chi connectivity index (χ1v) is 7.99. The third-order valence-corrected chi connectivity index (χ3v) is 3.72. The molecule has 0 aliphatic carbocycles. The molecule has 0 aliphatic heterocycles. The molecule has 0 saturated heterocycles. The summed E-state index contributed by atoms with van der Waals surface area (Å²) in [5.74, 6) is -1.24. The summed E-state index contributed by atoms with van der Waals surface area (Å²) in [6, 6.07) is 7.25. The van der Waals surface area contributed by atoms with Crippen LogP contribution in [0.25, 0.3) is 0 Å². The molecule has 2 rings (SSSR count). The second-order valence-corrected chi connectivity index (χ2v) is 6.97. The van der Waals surface area contributed by atoms with E-state index >= 15 is 0 Å². The van der Waals surface area contributed by atoms with E-state index in [1.807, 2.05) is 6.07 Å². The Morgan fingerprint density at radius 3 is 2.60 bits per heavy atom. The summed E-state index contributed by atoms with van der Waals surface area (Å²) in [5.41, 5.74) is 1.84. The Morgan fingerprint density at radius 2 is 2.00 bits per heavy atom. The van der Waals surface area contributed by atoms with E-state index in [0.29, 0.717) is 6.54 Å². The van der Waals surface area contributed by atoms with Crippen LogP contribution in [0.3, 0.4) is 0 Å². The van der Waals surface area contributed by atoms with Crippen LogP contribution in [-0.2, 0) is 16.8 Å². The van der Waals surface area contributed by atoms with Crippen molar-refractivity contribution >= 4 is 11.8 Å². The first-order valence-electron chi connectivity index (χ1n) is 7.99. The van der Waals surface area contributed by atoms with Gasteiger partial charge in [-0.25, -0.2) is 4.39 Å². The third-order valence-electron chi connectivity index (χ3n) is 3.72. The average molecular weight is 346 g/mol. The normalized spacial score (nSPS) is 11.2. The number of aromatic amines is 1. The van der Waals surface area contributed by atoms with E-state index in [9.17, 15) is 14.0 Å². The molecule has 25 heavy (non-hydrogen) atoms. The minimum absolute atomic E-state index is 0.0732. The molecule has 1 aromatic carbocycles. The number of aromatic nitrogens is 2. The van der Waals surface area contributed by atoms with Crippen molar-refractivity contribution in [2.45, 2.75) is 32.7 Å². The number of rotatable bonds is 5. The van der Waals surface area contributed by atoms with Crippen LogP contribution in [0.5, 0.6) is 0 Å². The van der Waals surface area contributed by atoms with Gasteiger partial charge in [0.15, 0.2) is 0 Å². The van der Waals surface area contributed by atoms with Crippen molar-refractivity contribution in [3.8, 4) is 0 Å². The lowest BCUT2D eigenvalue weighted by atomic mass is 9.92. The van der Waals surface area contributed by atoms with Gasteiger partial charge in [-0.3, -0.25) is 14.7 Å². The Labute approximate surface area is 146 Å². The molecule has 0 saturated carbocycles. The molecular weight excluding hydrogens is 323 g/mol. The van der Waals surface area contributed by atoms with Crippen LogP contribution >= 0.6 is 0 Å². The number of carbonyl (C=O) groups is 2. The van der Waals surface area contributed by atoms with Gasteiger partial charge in [0, 0.05) is 18.0 Å². The number of amides is 2. The Morgan fingerprint density at radius 1 is 1.28 bits per heavy atom. The van der Waals surface area contributed by atoms with Crippen molar-refractivity contribution in [1.82, 2.24) is 20.4 Å². The molecule has 134 valence electrons. The van der Waals surface area contributed by atoms with E-state index in [-0.39, 0.29) is 23.4 Å². The summed E-state index contributed by atoms with van der Waals surface area (Å²) in [6.07, 6.45) is 0. The summed E-state index contributed by atoms with van der Waals surface area (Å²) >= 11 is 0. The molecule has 2 N–H and O–H groups in total. The van der Waals surface area contributed by atoms with Gasteiger partial charge in [-0.1, -0.05) is 26.8 Å². The average Bonchev–Trinajstić information content (AvgIpc) is 3.01. The summed E-state index contributed by atoms with van der Waals surface area (Å²) < 4.78 is 13.1. The molecule has 0 spiro atoms. The Balaban J connectivity index is 1.88. The van der Waals surface area contributed by atoms with E-state index in [4.69, 9.17) is 0 Å². The van der Waals surface area contributed by atoms with Crippen LogP contribution in [0.4, 0.5) is 4.39 Å². The van der Waals surface area contributed by atoms with E-state index in [1.165, 1.54) is 23.1 Å². The van der Waals surface area contributed by atoms with E-state index in [0.717, 1.165) is 17.5 Å². The maximum atomic E-state index is 13.1. The maximum Gasteiger partial charge on any atom is 0.251 e. The lowest BCUT2D eigenvalue weighted by Crippen LogP contribution is -2.37. The number of H-pyrrole nitrogens is 1. The van der Waals surface area contributed by atoms with Crippen molar-refractivity contribution < 1.29 is 14.0 Å². The predicted molar refractivity (Wildman–Crippen MR) is 92.5 cm³/mol. The van der Waals surface area contributed by atoms with E-state index in [1.54, 1.807) is 7.05 Å². The van der Waals surface area contributed by atoms with Gasteiger partial charge < -0.3 is 10.2 Å². The van der Waals surface area contributed by atoms with Gasteiger partial charge in [-0.05, 0) is 24.3 Å². The van der Waals surface area contributed by atoms with Gasteiger partial charge in [0.2, 0.25) is 5.91 Å². The van der Waals surface area contributed by atoms with Crippen LogP contribution in [0.15, 0.2) is 30.3 Å². The molecule has 0 unspecified atom stereocenters. The largest absolute Gasteiger partial charge is 0.343 e. The molecule has 2 aromatic rings. The fourth-order valence-corrected chi connectivity index (χ4v) is 2.19. The van der Waals surface area contributed by atoms with Crippen LogP contribution in [0.2, 0.25) is 0 Å². The van der Waals surface area contributed by atoms with Crippen molar-refractivity contribution in [2.24, 2.45) is 0 Å². The van der Waals surface area contributed by atoms with Crippen LogP contribution < -0.4 is 5.32 Å². The molecule has 2 amide bonds. The molecule has 0 radical (unpaired) electrons. The van der Waals surface area contributed by atoms with Crippen molar-refractivity contribution in [3.63, 3.8) is 0 Å². The summed E-state index contributed by atoms with van der Waals surface area (Å²) in [6.45, 7) is 6.38. The van der Waals surface area contributed by atoms with E-state index < -0.39 is 11.7 Å². The van der Waals surface area contributed by atoms with Gasteiger partial charge in [0.25, 0.3) is 5.91 Å². The highest BCUT2D eigenvalue weighted by Gasteiger charge is 2.19. The Bertz CT molecular complexity index is 764. The molecule has 1 aromatic heterocycles. The molecular formula is C18H23FN4O2. The highest BCUT2D eigenvalue weighted by Crippen LogP contribution is 2.20. The monoisotopic (exact) mass is 346 g/mol. The van der Waals surface area contributed by atoms with Gasteiger partial charge in [-0.2, -0.15) is 5.10 Å². The standard InChI is InChI=1S/C18H23FN4O2/c1-18(2,3)15-9-14(21-22-15)11-23(4)16(24)10-20-17(25)12-6-5-7-13(19)8-12/h5-9H,10-11H2,1-4H3,(H,20,25)(H,21,22). The minimum Gasteiger partial charge on any atom is -0.343 e. The summed E-state index contributed by atoms with van der Waals surface area (Å²) in [4.78, 5) is 25.6. The number of hydrogen-bond acceptors (Lipinski definition) is 3. The van der Waals surface area contributed by atoms with Crippen LogP contribution in [-0.4, -0.2) is 40.5 Å². The van der Waals surface area contributed by atoms with Gasteiger partial charge in [0.05, 0.1) is 24.5 Å². The van der Waals surface area contributed by atoms with Gasteiger partial charge >= 0.3 is 0 Å². The molecule has 0 aliphatic rings. The van der Waals surface area contributed by atoms with Crippen LogP contribution in [0, 0.1) is 5.82 Å². The second-order valence-electron chi connectivity index (χ2n) is 6.97. The predicted octanol–water partition coefficient (Wildman–Crippen LogP) is 2.23. The molecule has 7 heteroatoms. The first kappa shape index (κ1) is 18.6. The number of halogens is 1. The van der Waals surface area contributed by atoms with Crippen molar-refractivity contribution in [1.29, 1.82) is 0 Å². The zero-order valence-corrected chi connectivity index (χ0v) is 14.9. The van der Waals surface area contributed by atoms with Crippen LogP contribution in [0.1, 0.15) is 42.5 Å². The summed E-state index contributed by atoms with van der Waals surface area (Å²) in [5, 5.41) is 9.68. The Hall–Kier alpha value is -2.70. The highest BCUT2D eigenvalue weighted by atomic mass is 19.1. The molecule has 6 nitrogen and oxygen atoms in total. The lowest BCUT2D eigenvalue weighted by Gasteiger charge is -2.17. The number of nitrogens with zero attached hydrogens (tertiary/aromatic N) is 2. The molecule has 1 heterocycles. The smallest absolute Gasteiger partial charge is 0.251 e. The zero-order chi connectivity index (χ0) is 18.6. The highest BCUT2D eigenvalue weighted by molar-refractivity contribution is 5.96. The number of nitrogens with one attached hydrogen (secondary N) is 2. The van der Waals surface area contributed by atoms with Crippen molar-refractivity contribution in [2.75, 3.05) is 13.6 Å². The third kappa shape index (κ3) is 5.14. The molecule has 0 bridgehead atoms. The number of benzene rings is 1.